The minimum atomic E-state index is -0.338. The number of hydrogen-bond acceptors (Lipinski definition) is 7. The second kappa shape index (κ2) is 13.6. The first kappa shape index (κ1) is 28.5. The zero-order valence-electron chi connectivity index (χ0n) is 23.2. The lowest BCUT2D eigenvalue weighted by molar-refractivity contribution is -0.143. The maximum Gasteiger partial charge on any atom is 0.338 e. The molecule has 0 saturated carbocycles. The fraction of sp³-hybridized carbons (Fsp3) is 0.419. The molecule has 0 spiro atoms. The number of aromatic nitrogens is 2. The van der Waals surface area contributed by atoms with Gasteiger partial charge in [0.25, 0.3) is 0 Å². The molecule has 4 unspecified atom stereocenters. The Morgan fingerprint density at radius 3 is 2.95 bits per heavy atom. The lowest BCUT2D eigenvalue weighted by Gasteiger charge is -2.32. The molecule has 8 heteroatoms. The van der Waals surface area contributed by atoms with Crippen molar-refractivity contribution in [3.63, 3.8) is 0 Å². The minimum Gasteiger partial charge on any atom is -0.488 e. The van der Waals surface area contributed by atoms with E-state index in [2.05, 4.69) is 23.3 Å². The number of nitrogens with zero attached hydrogens (tertiary/aromatic N) is 2. The van der Waals surface area contributed by atoms with E-state index in [9.17, 15) is 4.79 Å². The summed E-state index contributed by atoms with van der Waals surface area (Å²) in [6, 6.07) is 7.06. The molecule has 39 heavy (non-hydrogen) atoms. The van der Waals surface area contributed by atoms with E-state index in [1.54, 1.807) is 23.0 Å². The molecule has 0 bridgehead atoms. The van der Waals surface area contributed by atoms with E-state index in [1.807, 2.05) is 58.2 Å². The van der Waals surface area contributed by atoms with Crippen molar-refractivity contribution in [1.82, 2.24) is 9.78 Å². The van der Waals surface area contributed by atoms with Crippen LogP contribution in [0.25, 0.3) is 11.3 Å². The fourth-order valence-corrected chi connectivity index (χ4v) is 4.50. The van der Waals surface area contributed by atoms with Gasteiger partial charge in [-0.15, -0.1) is 0 Å². The Bertz CT molecular complexity index is 1260. The van der Waals surface area contributed by atoms with Gasteiger partial charge in [-0.3, -0.25) is 0 Å². The Labute approximate surface area is 230 Å². The third-order valence-electron chi connectivity index (χ3n) is 6.80. The van der Waals surface area contributed by atoms with Crippen LogP contribution in [-0.4, -0.2) is 54.0 Å². The highest BCUT2D eigenvalue weighted by Crippen LogP contribution is 2.29. The van der Waals surface area contributed by atoms with E-state index in [0.717, 1.165) is 34.6 Å². The molecule has 1 aromatic heterocycles. The fourth-order valence-electron chi connectivity index (χ4n) is 4.50. The molecule has 4 rings (SSSR count). The molecule has 0 radical (unpaired) electrons. The van der Waals surface area contributed by atoms with Crippen molar-refractivity contribution in [2.45, 2.75) is 58.8 Å². The molecule has 2 heterocycles. The second-order valence-corrected chi connectivity index (χ2v) is 9.95. The maximum absolute atomic E-state index is 12.3. The van der Waals surface area contributed by atoms with E-state index in [4.69, 9.17) is 24.7 Å². The number of nitrogens with two attached hydrogens (primary N) is 1. The molecule has 1 aromatic carbocycles. The minimum absolute atomic E-state index is 0.0256. The van der Waals surface area contributed by atoms with Crippen LogP contribution in [0.3, 0.4) is 0 Å². The summed E-state index contributed by atoms with van der Waals surface area (Å²) < 4.78 is 24.7. The summed E-state index contributed by atoms with van der Waals surface area (Å²) in [6.07, 6.45) is 15.3. The molecule has 1 aliphatic carbocycles. The van der Waals surface area contributed by atoms with Gasteiger partial charge in [0, 0.05) is 35.7 Å². The van der Waals surface area contributed by atoms with Gasteiger partial charge in [0.1, 0.15) is 18.7 Å². The molecule has 8 nitrogen and oxygen atoms in total. The summed E-state index contributed by atoms with van der Waals surface area (Å²) in [4.78, 5) is 12.3. The highest BCUT2D eigenvalue weighted by atomic mass is 16.7. The van der Waals surface area contributed by atoms with Crippen molar-refractivity contribution < 1.29 is 23.7 Å². The average molecular weight is 534 g/mol. The molecule has 0 amide bonds. The van der Waals surface area contributed by atoms with Gasteiger partial charge in [0.15, 0.2) is 0 Å². The second-order valence-electron chi connectivity index (χ2n) is 9.95. The van der Waals surface area contributed by atoms with Gasteiger partial charge in [-0.05, 0) is 57.0 Å². The Morgan fingerprint density at radius 1 is 1.33 bits per heavy atom. The number of fused-ring (bicyclic) bond motifs is 1. The third-order valence-corrected chi connectivity index (χ3v) is 6.80. The maximum atomic E-state index is 12.3. The van der Waals surface area contributed by atoms with Crippen LogP contribution in [0.2, 0.25) is 0 Å². The van der Waals surface area contributed by atoms with E-state index in [1.165, 1.54) is 0 Å². The number of hydrogen-bond donors (Lipinski definition) is 1. The van der Waals surface area contributed by atoms with Crippen LogP contribution in [0.1, 0.15) is 56.5 Å². The highest BCUT2D eigenvalue weighted by Gasteiger charge is 2.27. The van der Waals surface area contributed by atoms with Gasteiger partial charge in [0.2, 0.25) is 0 Å². The molecule has 2 aliphatic rings. The van der Waals surface area contributed by atoms with E-state index in [0.29, 0.717) is 32.0 Å². The zero-order valence-corrected chi connectivity index (χ0v) is 23.2. The summed E-state index contributed by atoms with van der Waals surface area (Å²) in [7, 11) is 0. The smallest absolute Gasteiger partial charge is 0.338 e. The average Bonchev–Trinajstić information content (AvgIpc) is 3.45. The number of ether oxygens (including phenoxy) is 4. The predicted octanol–water partition coefficient (Wildman–Crippen LogP) is 5.35. The van der Waals surface area contributed by atoms with Gasteiger partial charge in [-0.25, -0.2) is 9.48 Å². The van der Waals surface area contributed by atoms with Gasteiger partial charge in [-0.1, -0.05) is 37.3 Å². The standard InChI is InChI=1S/C31H39N3O5/c1-5-8-28(39-29(22(4)32)14-23-11-12-25-19-36-20-38-30(25)15-23)21(3)26-17-33-34(18-26)27-10-7-9-24(16-27)31(35)37-13-6-2/h5,7-12,15-18,22,25,29-30H,6,13-14,19-20,32H2,1-4H3. The topological polar surface area (TPSA) is 97.8 Å². The van der Waals surface area contributed by atoms with Crippen molar-refractivity contribution in [3.8, 4) is 5.69 Å². The Morgan fingerprint density at radius 2 is 2.18 bits per heavy atom. The Balaban J connectivity index is 1.53. The first-order chi connectivity index (χ1) is 18.9. The quantitative estimate of drug-likeness (QED) is 0.236. The summed E-state index contributed by atoms with van der Waals surface area (Å²) in [6.45, 7) is 9.28. The lowest BCUT2D eigenvalue weighted by atomic mass is 9.90. The molecule has 2 N–H and O–H groups in total. The number of carbonyl (C=O) groups excluding carboxylic acids is 1. The molecule has 1 aliphatic heterocycles. The summed E-state index contributed by atoms with van der Waals surface area (Å²) in [5.74, 6) is 0.642. The van der Waals surface area contributed by atoms with E-state index in [-0.39, 0.29) is 30.1 Å². The molecule has 1 fully saturated rings. The predicted molar refractivity (Wildman–Crippen MR) is 151 cm³/mol. The van der Waals surface area contributed by atoms with Gasteiger partial charge in [0.05, 0.1) is 36.8 Å². The monoisotopic (exact) mass is 533 g/mol. The van der Waals surface area contributed by atoms with Crippen LogP contribution >= 0.6 is 0 Å². The number of carbonyl (C=O) groups is 1. The van der Waals surface area contributed by atoms with Crippen molar-refractivity contribution in [2.24, 2.45) is 11.7 Å². The van der Waals surface area contributed by atoms with E-state index < -0.39 is 0 Å². The normalized spacial score (nSPS) is 21.1. The first-order valence-corrected chi connectivity index (χ1v) is 13.6. The first-order valence-electron chi connectivity index (χ1n) is 13.6. The van der Waals surface area contributed by atoms with Crippen molar-refractivity contribution in [3.05, 3.63) is 89.5 Å². The lowest BCUT2D eigenvalue weighted by Crippen LogP contribution is -2.36. The largest absolute Gasteiger partial charge is 0.488 e. The molecule has 4 atom stereocenters. The van der Waals surface area contributed by atoms with Crippen LogP contribution in [0, 0.1) is 5.92 Å². The number of rotatable bonds is 11. The Kier molecular flexibility index (Phi) is 9.92. The van der Waals surface area contributed by atoms with Crippen molar-refractivity contribution >= 4 is 11.5 Å². The summed E-state index contributed by atoms with van der Waals surface area (Å²) >= 11 is 0. The third kappa shape index (κ3) is 7.35. The Hall–Kier alpha value is -3.46. The molecular formula is C31H39N3O5. The molecule has 208 valence electrons. The summed E-state index contributed by atoms with van der Waals surface area (Å²) in [5, 5.41) is 4.54. The number of esters is 1. The van der Waals surface area contributed by atoms with Crippen LogP contribution in [0.4, 0.5) is 0 Å². The number of allylic oxidation sites excluding steroid dienone is 4. The van der Waals surface area contributed by atoms with Crippen molar-refractivity contribution in [2.75, 3.05) is 20.0 Å². The SMILES string of the molecule is CC=CC(OC(CC1=CC2OCOCC2C=C1)C(C)N)=C(C)c1cnn(-c2cccc(C(=O)OCCC)c2)c1. The molecule has 1 saturated heterocycles. The molecular weight excluding hydrogens is 494 g/mol. The summed E-state index contributed by atoms with van der Waals surface area (Å²) in [5.41, 5.74) is 10.6. The number of benzene rings is 1. The molecule has 2 aromatic rings. The van der Waals surface area contributed by atoms with Crippen LogP contribution < -0.4 is 5.73 Å². The van der Waals surface area contributed by atoms with Crippen LogP contribution in [0.15, 0.2) is 78.4 Å². The zero-order chi connectivity index (χ0) is 27.8. The van der Waals surface area contributed by atoms with Gasteiger partial charge >= 0.3 is 5.97 Å². The van der Waals surface area contributed by atoms with Crippen LogP contribution in [-0.2, 0) is 18.9 Å². The van der Waals surface area contributed by atoms with E-state index >= 15 is 0 Å². The van der Waals surface area contributed by atoms with Crippen molar-refractivity contribution in [1.29, 1.82) is 0 Å². The highest BCUT2D eigenvalue weighted by molar-refractivity contribution is 5.90. The van der Waals surface area contributed by atoms with Gasteiger partial charge in [-0.2, -0.15) is 5.10 Å². The van der Waals surface area contributed by atoms with Gasteiger partial charge < -0.3 is 24.7 Å². The van der Waals surface area contributed by atoms with Crippen LogP contribution in [0.5, 0.6) is 0 Å².